The molecule has 1 rings (SSSR count). The minimum atomic E-state index is -0.575. The average molecular weight is 368 g/mol. The second-order valence-corrected chi connectivity index (χ2v) is 4.78. The van der Waals surface area contributed by atoms with Gasteiger partial charge in [0.25, 0.3) is 0 Å². The van der Waals surface area contributed by atoms with Crippen molar-refractivity contribution in [3.05, 3.63) is 16.6 Å². The average Bonchev–Trinajstić information content (AvgIpc) is 2.35. The Labute approximate surface area is 133 Å². The van der Waals surface area contributed by atoms with Gasteiger partial charge in [0.15, 0.2) is 11.5 Å². The molecule has 1 atom stereocenters. The van der Waals surface area contributed by atoms with Crippen molar-refractivity contribution in [2.24, 2.45) is 5.73 Å². The highest BCUT2D eigenvalue weighted by molar-refractivity contribution is 9.10. The fraction of sp³-hybridized carbons (Fsp3) is 0.462. The lowest BCUT2D eigenvalue weighted by atomic mass is 10.2. The molecule has 0 heterocycles. The van der Waals surface area contributed by atoms with Crippen LogP contribution in [0.2, 0.25) is 0 Å². The molecule has 3 N–H and O–H groups in total. The second-order valence-electron chi connectivity index (χ2n) is 3.92. The van der Waals surface area contributed by atoms with Crippen molar-refractivity contribution < 1.29 is 14.3 Å². The molecule has 0 aromatic heterocycles. The van der Waals surface area contributed by atoms with E-state index in [-0.39, 0.29) is 18.3 Å². The fourth-order valence-electron chi connectivity index (χ4n) is 1.41. The molecule has 1 aromatic carbocycles. The third-order valence-corrected chi connectivity index (χ3v) is 2.96. The van der Waals surface area contributed by atoms with E-state index in [4.69, 9.17) is 15.2 Å². The molecule has 5 nitrogen and oxygen atoms in total. The van der Waals surface area contributed by atoms with Gasteiger partial charge >= 0.3 is 0 Å². The first-order chi connectivity index (χ1) is 8.99. The molecule has 0 saturated carbocycles. The Balaban J connectivity index is 0.00000361. The monoisotopic (exact) mass is 366 g/mol. The van der Waals surface area contributed by atoms with Gasteiger partial charge in [-0.25, -0.2) is 0 Å². The maximum Gasteiger partial charge on any atom is 0.241 e. The summed E-state index contributed by atoms with van der Waals surface area (Å²) in [7, 11) is 0. The van der Waals surface area contributed by atoms with Crippen molar-refractivity contribution in [1.82, 2.24) is 0 Å². The largest absolute Gasteiger partial charge is 0.490 e. The highest BCUT2D eigenvalue weighted by atomic mass is 79.9. The highest BCUT2D eigenvalue weighted by Gasteiger charge is 2.14. The molecule has 7 heteroatoms. The van der Waals surface area contributed by atoms with Crippen LogP contribution in [-0.2, 0) is 4.79 Å². The number of amides is 1. The van der Waals surface area contributed by atoms with Crippen LogP contribution < -0.4 is 20.5 Å². The molecule has 114 valence electrons. The van der Waals surface area contributed by atoms with E-state index >= 15 is 0 Å². The smallest absolute Gasteiger partial charge is 0.241 e. The number of ether oxygens (including phenoxy) is 2. The van der Waals surface area contributed by atoms with Gasteiger partial charge in [0.2, 0.25) is 5.91 Å². The third-order valence-electron chi connectivity index (χ3n) is 2.30. The zero-order chi connectivity index (χ0) is 14.4. The normalized spacial score (nSPS) is 11.2. The van der Waals surface area contributed by atoms with Gasteiger partial charge in [-0.15, -0.1) is 12.4 Å². The molecule has 0 unspecified atom stereocenters. The van der Waals surface area contributed by atoms with Crippen molar-refractivity contribution in [3.8, 4) is 11.5 Å². The van der Waals surface area contributed by atoms with E-state index in [1.807, 2.05) is 13.8 Å². The maximum atomic E-state index is 11.6. The van der Waals surface area contributed by atoms with Crippen LogP contribution in [0.1, 0.15) is 20.8 Å². The van der Waals surface area contributed by atoms with Gasteiger partial charge in [0, 0.05) is 16.6 Å². The Hall–Kier alpha value is -0.980. The van der Waals surface area contributed by atoms with Crippen molar-refractivity contribution in [1.29, 1.82) is 0 Å². The third kappa shape index (κ3) is 5.19. The Morgan fingerprint density at radius 1 is 1.30 bits per heavy atom. The van der Waals surface area contributed by atoms with Crippen LogP contribution in [0.4, 0.5) is 5.69 Å². The molecule has 20 heavy (non-hydrogen) atoms. The quantitative estimate of drug-likeness (QED) is 0.810. The summed E-state index contributed by atoms with van der Waals surface area (Å²) in [6, 6.07) is 2.92. The zero-order valence-corrected chi connectivity index (χ0v) is 14.1. The summed E-state index contributed by atoms with van der Waals surface area (Å²) in [5, 5.41) is 2.73. The number of anilines is 1. The first-order valence-electron chi connectivity index (χ1n) is 6.15. The lowest BCUT2D eigenvalue weighted by Crippen LogP contribution is -2.32. The van der Waals surface area contributed by atoms with Crippen LogP contribution in [0.25, 0.3) is 0 Å². The Bertz CT molecular complexity index is 455. The fourth-order valence-corrected chi connectivity index (χ4v) is 1.84. The standard InChI is InChI=1S/C13H19BrN2O3.ClH/c1-4-18-11-6-9(14)10(7-12(11)19-5-2)16-13(17)8(3)15;/h6-8H,4-5,15H2,1-3H3,(H,16,17);1H/t8-;/m0./s1. The van der Waals surface area contributed by atoms with Crippen LogP contribution in [0.3, 0.4) is 0 Å². The van der Waals surface area contributed by atoms with Crippen LogP contribution in [0, 0.1) is 0 Å². The van der Waals surface area contributed by atoms with E-state index in [2.05, 4.69) is 21.2 Å². The maximum absolute atomic E-state index is 11.6. The van der Waals surface area contributed by atoms with Crippen LogP contribution in [-0.4, -0.2) is 25.2 Å². The van der Waals surface area contributed by atoms with Crippen molar-refractivity contribution in [2.45, 2.75) is 26.8 Å². The van der Waals surface area contributed by atoms with E-state index in [1.165, 1.54) is 0 Å². The Kier molecular flexibility index (Phi) is 8.60. The lowest BCUT2D eigenvalue weighted by molar-refractivity contribution is -0.117. The van der Waals surface area contributed by atoms with Crippen LogP contribution in [0.15, 0.2) is 16.6 Å². The van der Waals surface area contributed by atoms with Gasteiger partial charge in [-0.3, -0.25) is 4.79 Å². The number of hydrogen-bond donors (Lipinski definition) is 2. The van der Waals surface area contributed by atoms with Gasteiger partial charge in [-0.05, 0) is 36.7 Å². The summed E-state index contributed by atoms with van der Waals surface area (Å²) in [4.78, 5) is 11.6. The number of carbonyl (C=O) groups is 1. The summed E-state index contributed by atoms with van der Waals surface area (Å²) in [5.41, 5.74) is 6.13. The highest BCUT2D eigenvalue weighted by Crippen LogP contribution is 2.36. The molecule has 0 fully saturated rings. The number of nitrogens with one attached hydrogen (secondary N) is 1. The van der Waals surface area contributed by atoms with Gasteiger partial charge in [0.05, 0.1) is 24.9 Å². The predicted octanol–water partition coefficient (Wildman–Crippen LogP) is 2.95. The van der Waals surface area contributed by atoms with E-state index in [0.29, 0.717) is 34.9 Å². The van der Waals surface area contributed by atoms with E-state index < -0.39 is 6.04 Å². The molecular formula is C13H20BrClN2O3. The Morgan fingerprint density at radius 2 is 1.80 bits per heavy atom. The summed E-state index contributed by atoms with van der Waals surface area (Å²) in [5.74, 6) is 0.967. The summed E-state index contributed by atoms with van der Waals surface area (Å²) < 4.78 is 11.7. The second kappa shape index (κ2) is 9.05. The van der Waals surface area contributed by atoms with Crippen molar-refractivity contribution in [2.75, 3.05) is 18.5 Å². The van der Waals surface area contributed by atoms with E-state index in [9.17, 15) is 4.79 Å². The topological polar surface area (TPSA) is 73.6 Å². The number of halogens is 2. The number of hydrogen-bond acceptors (Lipinski definition) is 4. The van der Waals surface area contributed by atoms with Crippen LogP contribution in [0.5, 0.6) is 11.5 Å². The number of benzene rings is 1. The summed E-state index contributed by atoms with van der Waals surface area (Å²) in [6.45, 7) is 6.47. The first-order valence-corrected chi connectivity index (χ1v) is 6.94. The number of rotatable bonds is 6. The molecule has 0 aliphatic heterocycles. The van der Waals surface area contributed by atoms with Crippen LogP contribution >= 0.6 is 28.3 Å². The molecule has 1 aromatic rings. The minimum absolute atomic E-state index is 0. The summed E-state index contributed by atoms with van der Waals surface area (Å²) >= 11 is 3.39. The number of nitrogens with two attached hydrogens (primary N) is 1. The number of carbonyl (C=O) groups excluding carboxylic acids is 1. The van der Waals surface area contributed by atoms with Gasteiger partial charge in [0.1, 0.15) is 0 Å². The SMILES string of the molecule is CCOc1cc(Br)c(NC(=O)[C@H](C)N)cc1OCC.Cl. The molecule has 1 amide bonds. The van der Waals surface area contributed by atoms with E-state index in [1.54, 1.807) is 19.1 Å². The molecular weight excluding hydrogens is 348 g/mol. The molecule has 0 aliphatic rings. The van der Waals surface area contributed by atoms with Crippen molar-refractivity contribution >= 4 is 39.9 Å². The minimum Gasteiger partial charge on any atom is -0.490 e. The van der Waals surface area contributed by atoms with Gasteiger partial charge in [-0.2, -0.15) is 0 Å². The Morgan fingerprint density at radius 3 is 2.25 bits per heavy atom. The van der Waals surface area contributed by atoms with Gasteiger partial charge < -0.3 is 20.5 Å². The molecule has 0 aliphatic carbocycles. The first kappa shape index (κ1) is 19.0. The molecule has 0 radical (unpaired) electrons. The lowest BCUT2D eigenvalue weighted by Gasteiger charge is -2.15. The molecule has 0 saturated heterocycles. The van der Waals surface area contributed by atoms with Crippen molar-refractivity contribution in [3.63, 3.8) is 0 Å². The van der Waals surface area contributed by atoms with E-state index in [0.717, 1.165) is 0 Å². The molecule has 0 bridgehead atoms. The summed E-state index contributed by atoms with van der Waals surface area (Å²) in [6.07, 6.45) is 0. The molecule has 0 spiro atoms. The zero-order valence-electron chi connectivity index (χ0n) is 11.7. The van der Waals surface area contributed by atoms with Gasteiger partial charge in [-0.1, -0.05) is 0 Å². The predicted molar refractivity (Wildman–Crippen MR) is 86.0 cm³/mol.